The SMILES string of the molecule is CCCCCOC(=O)c1ccc(NC=C2C(=O)C=C(C)OC2=O)cc1. The van der Waals surface area contributed by atoms with Gasteiger partial charge in [0, 0.05) is 18.0 Å². The van der Waals surface area contributed by atoms with Gasteiger partial charge in [-0.3, -0.25) is 4.79 Å². The summed E-state index contributed by atoms with van der Waals surface area (Å²) in [5.74, 6) is -1.19. The summed E-state index contributed by atoms with van der Waals surface area (Å²) in [4.78, 5) is 35.3. The summed E-state index contributed by atoms with van der Waals surface area (Å²) in [6.07, 6.45) is 5.51. The van der Waals surface area contributed by atoms with Gasteiger partial charge < -0.3 is 14.8 Å². The van der Waals surface area contributed by atoms with E-state index in [1.807, 2.05) is 0 Å². The largest absolute Gasteiger partial charge is 0.462 e. The Morgan fingerprint density at radius 1 is 1.20 bits per heavy atom. The van der Waals surface area contributed by atoms with Crippen LogP contribution in [0.2, 0.25) is 0 Å². The number of nitrogens with one attached hydrogen (secondary N) is 1. The third-order valence-corrected chi connectivity index (χ3v) is 3.56. The van der Waals surface area contributed by atoms with Crippen LogP contribution in [0.5, 0.6) is 0 Å². The first kappa shape index (κ1) is 18.4. The van der Waals surface area contributed by atoms with E-state index in [4.69, 9.17) is 9.47 Å². The highest BCUT2D eigenvalue weighted by molar-refractivity contribution is 6.23. The summed E-state index contributed by atoms with van der Waals surface area (Å²) in [7, 11) is 0. The standard InChI is InChI=1S/C19H21NO5/c1-3-4-5-10-24-18(22)14-6-8-15(9-7-14)20-12-16-17(21)11-13(2)25-19(16)23/h6-9,11-12,20H,3-5,10H2,1-2H3. The van der Waals surface area contributed by atoms with Gasteiger partial charge in [-0.1, -0.05) is 19.8 Å². The smallest absolute Gasteiger partial charge is 0.348 e. The third kappa shape index (κ3) is 5.31. The molecule has 0 unspecified atom stereocenters. The Morgan fingerprint density at radius 3 is 2.56 bits per heavy atom. The number of ketones is 1. The number of cyclic esters (lactones) is 1. The number of benzene rings is 1. The monoisotopic (exact) mass is 343 g/mol. The zero-order chi connectivity index (χ0) is 18.2. The van der Waals surface area contributed by atoms with Crippen molar-refractivity contribution >= 4 is 23.4 Å². The van der Waals surface area contributed by atoms with Gasteiger partial charge in [-0.15, -0.1) is 0 Å². The normalized spacial score (nSPS) is 15.6. The molecule has 0 bridgehead atoms. The predicted molar refractivity (Wildman–Crippen MR) is 92.8 cm³/mol. The number of unbranched alkanes of at least 4 members (excludes halogenated alkanes) is 2. The average Bonchev–Trinajstić information content (AvgIpc) is 2.58. The molecule has 0 spiro atoms. The first-order chi connectivity index (χ1) is 12.0. The molecule has 0 amide bonds. The molecule has 1 aliphatic rings. The van der Waals surface area contributed by atoms with Gasteiger partial charge in [0.25, 0.3) is 0 Å². The van der Waals surface area contributed by atoms with E-state index in [1.54, 1.807) is 31.2 Å². The van der Waals surface area contributed by atoms with Gasteiger partial charge in [0.05, 0.1) is 12.2 Å². The average molecular weight is 343 g/mol. The number of carbonyl (C=O) groups excluding carboxylic acids is 3. The molecule has 6 nitrogen and oxygen atoms in total. The topological polar surface area (TPSA) is 81.7 Å². The fraction of sp³-hybridized carbons (Fsp3) is 0.316. The van der Waals surface area contributed by atoms with Crippen LogP contribution in [0.4, 0.5) is 5.69 Å². The molecule has 0 atom stereocenters. The van der Waals surface area contributed by atoms with Gasteiger partial charge in [0.2, 0.25) is 0 Å². The van der Waals surface area contributed by atoms with Crippen molar-refractivity contribution in [1.29, 1.82) is 0 Å². The maximum atomic E-state index is 11.9. The number of rotatable bonds is 7. The minimum Gasteiger partial charge on any atom is -0.462 e. The van der Waals surface area contributed by atoms with Crippen molar-refractivity contribution in [2.75, 3.05) is 11.9 Å². The molecule has 6 heteroatoms. The van der Waals surface area contributed by atoms with Crippen molar-refractivity contribution in [3.63, 3.8) is 0 Å². The van der Waals surface area contributed by atoms with Gasteiger partial charge in [0.1, 0.15) is 11.3 Å². The second-order valence-electron chi connectivity index (χ2n) is 5.63. The minimum absolute atomic E-state index is 0.0787. The Balaban J connectivity index is 1.94. The van der Waals surface area contributed by atoms with E-state index >= 15 is 0 Å². The van der Waals surface area contributed by atoms with E-state index in [9.17, 15) is 14.4 Å². The molecule has 25 heavy (non-hydrogen) atoms. The van der Waals surface area contributed by atoms with Crippen LogP contribution in [0.25, 0.3) is 0 Å². The van der Waals surface area contributed by atoms with Crippen LogP contribution in [-0.4, -0.2) is 24.3 Å². The molecule has 0 fully saturated rings. The van der Waals surface area contributed by atoms with E-state index in [2.05, 4.69) is 12.2 Å². The van der Waals surface area contributed by atoms with Crippen molar-refractivity contribution < 1.29 is 23.9 Å². The third-order valence-electron chi connectivity index (χ3n) is 3.56. The molecular weight excluding hydrogens is 322 g/mol. The van der Waals surface area contributed by atoms with Gasteiger partial charge in [0.15, 0.2) is 5.78 Å². The lowest BCUT2D eigenvalue weighted by Crippen LogP contribution is -2.20. The molecule has 0 saturated carbocycles. The lowest BCUT2D eigenvalue weighted by Gasteiger charge is -2.12. The van der Waals surface area contributed by atoms with Crippen molar-refractivity contribution in [3.05, 3.63) is 53.4 Å². The Morgan fingerprint density at radius 2 is 1.92 bits per heavy atom. The molecular formula is C19H21NO5. The van der Waals surface area contributed by atoms with Crippen LogP contribution < -0.4 is 5.32 Å². The summed E-state index contributed by atoms with van der Waals surface area (Å²) in [6.45, 7) is 4.04. The summed E-state index contributed by atoms with van der Waals surface area (Å²) >= 11 is 0. The lowest BCUT2D eigenvalue weighted by atomic mass is 10.1. The van der Waals surface area contributed by atoms with E-state index in [0.717, 1.165) is 19.3 Å². The second kappa shape index (κ2) is 8.82. The minimum atomic E-state index is -0.690. The number of anilines is 1. The van der Waals surface area contributed by atoms with Crippen molar-refractivity contribution in [2.24, 2.45) is 0 Å². The first-order valence-electron chi connectivity index (χ1n) is 8.20. The van der Waals surface area contributed by atoms with Crippen LogP contribution in [0, 0.1) is 0 Å². The van der Waals surface area contributed by atoms with Gasteiger partial charge in [-0.25, -0.2) is 9.59 Å². The van der Waals surface area contributed by atoms with Crippen molar-refractivity contribution in [2.45, 2.75) is 33.1 Å². The van der Waals surface area contributed by atoms with Gasteiger partial charge in [-0.2, -0.15) is 0 Å². The summed E-state index contributed by atoms with van der Waals surface area (Å²) < 4.78 is 10.1. The highest BCUT2D eigenvalue weighted by Gasteiger charge is 2.23. The molecule has 1 aromatic carbocycles. The van der Waals surface area contributed by atoms with Crippen LogP contribution >= 0.6 is 0 Å². The van der Waals surface area contributed by atoms with Crippen LogP contribution in [-0.2, 0) is 19.1 Å². The molecule has 0 saturated heterocycles. The van der Waals surface area contributed by atoms with E-state index < -0.39 is 11.8 Å². The maximum Gasteiger partial charge on any atom is 0.348 e. The Hall–Kier alpha value is -2.89. The maximum absolute atomic E-state index is 11.9. The predicted octanol–water partition coefficient (Wildman–Crippen LogP) is 3.36. The Bertz CT molecular complexity index is 716. The van der Waals surface area contributed by atoms with E-state index in [1.165, 1.54) is 12.3 Å². The Labute approximate surface area is 146 Å². The lowest BCUT2D eigenvalue weighted by molar-refractivity contribution is -0.137. The first-order valence-corrected chi connectivity index (χ1v) is 8.20. The molecule has 0 aliphatic carbocycles. The molecule has 132 valence electrons. The number of hydrogen-bond acceptors (Lipinski definition) is 6. The molecule has 1 heterocycles. The molecule has 0 aromatic heterocycles. The number of allylic oxidation sites excluding steroid dienone is 2. The van der Waals surface area contributed by atoms with E-state index in [0.29, 0.717) is 17.9 Å². The zero-order valence-corrected chi connectivity index (χ0v) is 14.3. The number of ether oxygens (including phenoxy) is 2. The molecule has 2 rings (SSSR count). The highest BCUT2D eigenvalue weighted by Crippen LogP contribution is 2.16. The number of esters is 2. The number of carbonyl (C=O) groups is 3. The summed E-state index contributed by atoms with van der Waals surface area (Å²) in [5, 5.41) is 2.85. The fourth-order valence-electron chi connectivity index (χ4n) is 2.18. The number of hydrogen-bond donors (Lipinski definition) is 1. The zero-order valence-electron chi connectivity index (χ0n) is 14.3. The van der Waals surface area contributed by atoms with Crippen LogP contribution in [0.15, 0.2) is 47.9 Å². The highest BCUT2D eigenvalue weighted by atomic mass is 16.5. The summed E-state index contributed by atoms with van der Waals surface area (Å²) in [6, 6.07) is 6.57. The van der Waals surface area contributed by atoms with E-state index in [-0.39, 0.29) is 17.3 Å². The molecule has 1 N–H and O–H groups in total. The van der Waals surface area contributed by atoms with Crippen LogP contribution in [0.1, 0.15) is 43.5 Å². The summed E-state index contributed by atoms with van der Waals surface area (Å²) in [5.41, 5.74) is 0.994. The molecule has 0 radical (unpaired) electrons. The van der Waals surface area contributed by atoms with Gasteiger partial charge in [-0.05, 0) is 37.6 Å². The second-order valence-corrected chi connectivity index (χ2v) is 5.63. The van der Waals surface area contributed by atoms with Crippen LogP contribution in [0.3, 0.4) is 0 Å². The molecule has 1 aliphatic heterocycles. The van der Waals surface area contributed by atoms with Crippen molar-refractivity contribution in [1.82, 2.24) is 0 Å². The quantitative estimate of drug-likeness (QED) is 0.354. The molecule has 1 aromatic rings. The Kier molecular flexibility index (Phi) is 6.51. The van der Waals surface area contributed by atoms with Gasteiger partial charge >= 0.3 is 11.9 Å². The van der Waals surface area contributed by atoms with Crippen molar-refractivity contribution in [3.8, 4) is 0 Å². The fourth-order valence-corrected chi connectivity index (χ4v) is 2.18.